The fourth-order valence-electron chi connectivity index (χ4n) is 2.19. The Morgan fingerprint density at radius 1 is 1.35 bits per heavy atom. The van der Waals surface area contributed by atoms with Gasteiger partial charge in [0.25, 0.3) is 0 Å². The second-order valence-corrected chi connectivity index (χ2v) is 4.27. The van der Waals surface area contributed by atoms with Crippen LogP contribution in [-0.2, 0) is 4.79 Å². The van der Waals surface area contributed by atoms with Crippen LogP contribution >= 0.6 is 0 Å². The smallest absolute Gasteiger partial charge is 0.244 e. The zero-order valence-electron chi connectivity index (χ0n) is 10.8. The Kier molecular flexibility index (Phi) is 2.86. The lowest BCUT2D eigenvalue weighted by molar-refractivity contribution is -0.115. The highest BCUT2D eigenvalue weighted by atomic mass is 16.5. The van der Waals surface area contributed by atoms with Gasteiger partial charge >= 0.3 is 0 Å². The van der Waals surface area contributed by atoms with E-state index < -0.39 is 0 Å². The van der Waals surface area contributed by atoms with Gasteiger partial charge in [-0.05, 0) is 12.1 Å². The molecule has 1 aliphatic rings. The Morgan fingerprint density at radius 3 is 2.95 bits per heavy atom. The Bertz CT molecular complexity index is 674. The predicted octanol–water partition coefficient (Wildman–Crippen LogP) is 1.16. The van der Waals surface area contributed by atoms with Gasteiger partial charge in [-0.2, -0.15) is 0 Å². The Hall–Kier alpha value is -2.83. The van der Waals surface area contributed by atoms with E-state index in [0.29, 0.717) is 11.6 Å². The first-order valence-electron chi connectivity index (χ1n) is 6.01. The molecule has 0 bridgehead atoms. The van der Waals surface area contributed by atoms with Crippen LogP contribution in [0.15, 0.2) is 30.6 Å². The van der Waals surface area contributed by atoms with Gasteiger partial charge in [-0.25, -0.2) is 9.97 Å². The summed E-state index contributed by atoms with van der Waals surface area (Å²) in [6.45, 7) is 0.143. The van der Waals surface area contributed by atoms with Crippen molar-refractivity contribution in [1.82, 2.24) is 9.97 Å². The number of methoxy groups -OCH3 is 1. The van der Waals surface area contributed by atoms with Gasteiger partial charge in [0, 0.05) is 0 Å². The van der Waals surface area contributed by atoms with Crippen molar-refractivity contribution in [2.45, 2.75) is 0 Å². The number of aromatic nitrogens is 2. The molecule has 102 valence electrons. The van der Waals surface area contributed by atoms with E-state index in [2.05, 4.69) is 15.3 Å². The summed E-state index contributed by atoms with van der Waals surface area (Å²) in [5.74, 6) is 0.947. The summed E-state index contributed by atoms with van der Waals surface area (Å²) in [6.07, 6.45) is 1.35. The lowest BCUT2D eigenvalue weighted by Gasteiger charge is -2.30. The second-order valence-electron chi connectivity index (χ2n) is 4.27. The van der Waals surface area contributed by atoms with Crippen molar-refractivity contribution >= 4 is 28.9 Å². The number of amides is 1. The highest BCUT2D eigenvalue weighted by Crippen LogP contribution is 2.39. The number of hydrogen-bond acceptors (Lipinski definition) is 6. The van der Waals surface area contributed by atoms with Crippen LogP contribution in [0.3, 0.4) is 0 Å². The van der Waals surface area contributed by atoms with Crippen LogP contribution < -0.4 is 20.7 Å². The molecule has 0 saturated heterocycles. The zero-order valence-corrected chi connectivity index (χ0v) is 10.8. The molecule has 0 aliphatic carbocycles. The molecule has 0 unspecified atom stereocenters. The van der Waals surface area contributed by atoms with Gasteiger partial charge in [0.1, 0.15) is 12.9 Å². The molecule has 0 atom stereocenters. The van der Waals surface area contributed by atoms with Crippen LogP contribution in [-0.4, -0.2) is 29.5 Å². The number of nitrogens with zero attached hydrogens (tertiary/aromatic N) is 3. The molecular formula is C13H13N5O2. The number of carbonyl (C=O) groups is 1. The first kappa shape index (κ1) is 12.2. The molecule has 1 aromatic heterocycles. The summed E-state index contributed by atoms with van der Waals surface area (Å²) in [5, 5.41) is 2.82. The molecule has 2 heterocycles. The third-order valence-electron chi connectivity index (χ3n) is 3.04. The van der Waals surface area contributed by atoms with Gasteiger partial charge in [0.2, 0.25) is 11.7 Å². The molecule has 1 amide bonds. The van der Waals surface area contributed by atoms with Crippen molar-refractivity contribution in [3.05, 3.63) is 30.6 Å². The number of fused-ring (bicyclic) bond motifs is 1. The monoisotopic (exact) mass is 271 g/mol. The van der Waals surface area contributed by atoms with Crippen LogP contribution in [0.5, 0.6) is 5.75 Å². The molecule has 3 N–H and O–H groups in total. The third-order valence-corrected chi connectivity index (χ3v) is 3.04. The quantitative estimate of drug-likeness (QED) is 0.851. The van der Waals surface area contributed by atoms with Crippen LogP contribution in [0, 0.1) is 0 Å². The number of nitrogen functional groups attached to an aromatic ring is 1. The van der Waals surface area contributed by atoms with Crippen LogP contribution in [0.4, 0.5) is 23.0 Å². The number of rotatable bonds is 2. The molecule has 3 rings (SSSR count). The fourth-order valence-corrected chi connectivity index (χ4v) is 2.19. The van der Waals surface area contributed by atoms with Gasteiger partial charge in [-0.3, -0.25) is 4.79 Å². The van der Waals surface area contributed by atoms with Gasteiger partial charge in [-0.15, -0.1) is 0 Å². The number of nitrogens with two attached hydrogens (primary N) is 1. The number of anilines is 4. The summed E-state index contributed by atoms with van der Waals surface area (Å²) in [4.78, 5) is 21.7. The summed E-state index contributed by atoms with van der Waals surface area (Å²) in [6, 6.07) is 7.47. The third kappa shape index (κ3) is 1.89. The van der Waals surface area contributed by atoms with Crippen molar-refractivity contribution < 1.29 is 9.53 Å². The van der Waals surface area contributed by atoms with E-state index in [-0.39, 0.29) is 18.3 Å². The number of hydrogen-bond donors (Lipinski definition) is 2. The maximum Gasteiger partial charge on any atom is 0.244 e. The summed E-state index contributed by atoms with van der Waals surface area (Å²) < 4.78 is 5.26. The van der Waals surface area contributed by atoms with Crippen molar-refractivity contribution in [2.24, 2.45) is 0 Å². The van der Waals surface area contributed by atoms with Gasteiger partial charge in [-0.1, -0.05) is 12.1 Å². The topological polar surface area (TPSA) is 93.4 Å². The van der Waals surface area contributed by atoms with Crippen molar-refractivity contribution in [1.29, 1.82) is 0 Å². The summed E-state index contributed by atoms with van der Waals surface area (Å²) >= 11 is 0. The van der Waals surface area contributed by atoms with Crippen LogP contribution in [0.1, 0.15) is 0 Å². The summed E-state index contributed by atoms with van der Waals surface area (Å²) in [7, 11) is 1.49. The number of ether oxygens (including phenoxy) is 1. The highest BCUT2D eigenvalue weighted by molar-refractivity contribution is 6.03. The minimum Gasteiger partial charge on any atom is -0.490 e. The van der Waals surface area contributed by atoms with E-state index in [0.717, 1.165) is 11.4 Å². The molecule has 7 heteroatoms. The number of carbonyl (C=O) groups excluding carboxylic acids is 1. The lowest BCUT2D eigenvalue weighted by atomic mass is 10.2. The SMILES string of the molecule is COc1c(N)ncnc1N1CC(=O)Nc2ccccc21. The normalized spacial score (nSPS) is 13.7. The first-order chi connectivity index (χ1) is 9.70. The molecule has 0 fully saturated rings. The largest absolute Gasteiger partial charge is 0.490 e. The second kappa shape index (κ2) is 4.69. The Morgan fingerprint density at radius 2 is 2.15 bits per heavy atom. The van der Waals surface area contributed by atoms with Gasteiger partial charge in [0.15, 0.2) is 11.6 Å². The highest BCUT2D eigenvalue weighted by Gasteiger charge is 2.27. The molecule has 0 radical (unpaired) electrons. The minimum atomic E-state index is -0.122. The zero-order chi connectivity index (χ0) is 14.1. The van der Waals surface area contributed by atoms with E-state index in [1.54, 1.807) is 4.90 Å². The average molecular weight is 271 g/mol. The molecule has 0 saturated carbocycles. The van der Waals surface area contributed by atoms with E-state index >= 15 is 0 Å². The number of para-hydroxylation sites is 2. The standard InChI is InChI=1S/C13H13N5O2/c1-20-11-12(14)15-7-16-13(11)18-6-10(19)17-8-4-2-3-5-9(8)18/h2-5,7H,6H2,1H3,(H,17,19)(H2,14,15,16). The number of benzene rings is 1. The Labute approximate surface area is 115 Å². The maximum atomic E-state index is 11.8. The van der Waals surface area contributed by atoms with Crippen molar-refractivity contribution in [3.63, 3.8) is 0 Å². The van der Waals surface area contributed by atoms with E-state index in [1.807, 2.05) is 24.3 Å². The molecule has 0 spiro atoms. The van der Waals surface area contributed by atoms with E-state index in [1.165, 1.54) is 13.4 Å². The van der Waals surface area contributed by atoms with Crippen molar-refractivity contribution in [2.75, 3.05) is 29.6 Å². The minimum absolute atomic E-state index is 0.122. The molecule has 1 aromatic carbocycles. The molecule has 1 aliphatic heterocycles. The van der Waals surface area contributed by atoms with E-state index in [9.17, 15) is 4.79 Å². The lowest BCUT2D eigenvalue weighted by Crippen LogP contribution is -2.35. The average Bonchev–Trinajstić information content (AvgIpc) is 2.46. The van der Waals surface area contributed by atoms with Gasteiger partial charge < -0.3 is 20.7 Å². The van der Waals surface area contributed by atoms with Gasteiger partial charge in [0.05, 0.1) is 18.5 Å². The molecular weight excluding hydrogens is 258 g/mol. The van der Waals surface area contributed by atoms with Crippen LogP contribution in [0.25, 0.3) is 0 Å². The molecule has 7 nitrogen and oxygen atoms in total. The van der Waals surface area contributed by atoms with Crippen LogP contribution in [0.2, 0.25) is 0 Å². The first-order valence-corrected chi connectivity index (χ1v) is 6.01. The predicted molar refractivity (Wildman–Crippen MR) is 75.1 cm³/mol. The maximum absolute atomic E-state index is 11.8. The molecule has 20 heavy (non-hydrogen) atoms. The fraction of sp³-hybridized carbons (Fsp3) is 0.154. The number of nitrogens with one attached hydrogen (secondary N) is 1. The van der Waals surface area contributed by atoms with Crippen molar-refractivity contribution in [3.8, 4) is 5.75 Å². The summed E-state index contributed by atoms with van der Waals surface area (Å²) in [5.41, 5.74) is 7.35. The van der Waals surface area contributed by atoms with E-state index in [4.69, 9.17) is 10.5 Å². The molecule has 2 aromatic rings. The Balaban J connectivity index is 2.16.